The second-order valence-electron chi connectivity index (χ2n) is 9.31. The highest BCUT2D eigenvalue weighted by Crippen LogP contribution is 2.28. The molecule has 0 radical (unpaired) electrons. The van der Waals surface area contributed by atoms with Crippen molar-refractivity contribution in [3.05, 3.63) is 137 Å². The summed E-state index contributed by atoms with van der Waals surface area (Å²) in [5.41, 5.74) is 11.6. The van der Waals surface area contributed by atoms with Gasteiger partial charge in [-0.2, -0.15) is 0 Å². The van der Waals surface area contributed by atoms with Crippen molar-refractivity contribution in [2.24, 2.45) is 9.98 Å². The number of aryl methyl sites for hydroxylation is 2. The minimum atomic E-state index is 0.775. The summed E-state index contributed by atoms with van der Waals surface area (Å²) >= 11 is 0. The van der Waals surface area contributed by atoms with Crippen LogP contribution >= 0.6 is 0 Å². The van der Waals surface area contributed by atoms with Crippen molar-refractivity contribution in [2.75, 3.05) is 0 Å². The highest BCUT2D eigenvalue weighted by Gasteiger charge is 2.16. The van der Waals surface area contributed by atoms with E-state index in [4.69, 9.17) is 9.98 Å². The van der Waals surface area contributed by atoms with E-state index in [9.17, 15) is 0 Å². The van der Waals surface area contributed by atoms with Crippen LogP contribution in [0.15, 0.2) is 119 Å². The normalized spacial score (nSPS) is 16.2. The molecule has 0 spiro atoms. The lowest BCUT2D eigenvalue weighted by Crippen LogP contribution is -2.11. The summed E-state index contributed by atoms with van der Waals surface area (Å²) in [5, 5.41) is 0. The smallest absolute Gasteiger partial charge is 0.160 e. The minimum absolute atomic E-state index is 0.775. The first-order valence-corrected chi connectivity index (χ1v) is 12.2. The maximum absolute atomic E-state index is 5.20. The fourth-order valence-electron chi connectivity index (χ4n) is 4.67. The molecule has 4 aromatic carbocycles. The molecule has 0 fully saturated rings. The van der Waals surface area contributed by atoms with Crippen LogP contribution in [0.2, 0.25) is 0 Å². The lowest BCUT2D eigenvalue weighted by molar-refractivity contribution is 1.00. The van der Waals surface area contributed by atoms with E-state index in [1.807, 2.05) is 6.07 Å². The highest BCUT2D eigenvalue weighted by molar-refractivity contribution is 6.14. The van der Waals surface area contributed by atoms with Crippen LogP contribution in [0.5, 0.6) is 0 Å². The number of allylic oxidation sites excluding steroid dienone is 1. The fourth-order valence-corrected chi connectivity index (χ4v) is 4.67. The van der Waals surface area contributed by atoms with Gasteiger partial charge < -0.3 is 0 Å². The molecule has 0 N–H and O–H groups in total. The van der Waals surface area contributed by atoms with Crippen LogP contribution in [0, 0.1) is 13.8 Å². The molecule has 1 heterocycles. The Morgan fingerprint density at radius 2 is 1.03 bits per heavy atom. The molecule has 0 atom stereocenters. The maximum atomic E-state index is 5.20. The monoisotopic (exact) mass is 454 g/mol. The van der Waals surface area contributed by atoms with Crippen LogP contribution in [0.4, 0.5) is 0 Å². The zero-order valence-corrected chi connectivity index (χ0v) is 20.6. The SMILES string of the molecule is C/C1=C(/c2ccccc2)N=C(c2cc(C)cc(C)c2)N=C(c2ccc(-c3ccccc3)cc2)CC1. The van der Waals surface area contributed by atoms with Crippen LogP contribution in [0.25, 0.3) is 16.8 Å². The maximum Gasteiger partial charge on any atom is 0.160 e. The molecular formula is C33H30N2. The van der Waals surface area contributed by atoms with Gasteiger partial charge in [0, 0.05) is 11.1 Å². The standard InChI is InChI=1S/C33H30N2/c1-23-20-24(2)22-30(21-23)33-34-31(19-14-25(3)32(35-33)29-12-8-5-9-13-29)28-17-15-27(16-18-28)26-10-6-4-7-11-26/h4-13,15-18,20-22H,14,19H2,1-3H3/b32-25+,34-31?,35-33?. The Morgan fingerprint density at radius 1 is 0.486 bits per heavy atom. The number of hydrogen-bond donors (Lipinski definition) is 0. The van der Waals surface area contributed by atoms with E-state index in [1.54, 1.807) is 0 Å². The first-order chi connectivity index (χ1) is 17.1. The van der Waals surface area contributed by atoms with E-state index in [2.05, 4.69) is 118 Å². The summed E-state index contributed by atoms with van der Waals surface area (Å²) in [6.07, 6.45) is 1.80. The lowest BCUT2D eigenvalue weighted by atomic mass is 9.96. The van der Waals surface area contributed by atoms with Crippen LogP contribution in [0.3, 0.4) is 0 Å². The average Bonchev–Trinajstić information content (AvgIpc) is 2.87. The van der Waals surface area contributed by atoms with Gasteiger partial charge in [-0.3, -0.25) is 0 Å². The summed E-state index contributed by atoms with van der Waals surface area (Å²) in [6, 6.07) is 36.3. The Balaban J connectivity index is 1.61. The molecule has 2 nitrogen and oxygen atoms in total. The number of amidine groups is 1. The summed E-state index contributed by atoms with van der Waals surface area (Å²) < 4.78 is 0. The molecule has 0 bridgehead atoms. The molecule has 0 aromatic heterocycles. The topological polar surface area (TPSA) is 24.7 Å². The van der Waals surface area contributed by atoms with Crippen molar-refractivity contribution in [3.8, 4) is 11.1 Å². The third-order valence-electron chi connectivity index (χ3n) is 6.45. The van der Waals surface area contributed by atoms with E-state index < -0.39 is 0 Å². The molecule has 0 saturated carbocycles. The lowest BCUT2D eigenvalue weighted by Gasteiger charge is -2.17. The van der Waals surface area contributed by atoms with E-state index in [1.165, 1.54) is 27.8 Å². The molecular weight excluding hydrogens is 424 g/mol. The molecule has 0 aliphatic carbocycles. The Hall–Kier alpha value is -4.04. The van der Waals surface area contributed by atoms with Crippen LogP contribution in [-0.4, -0.2) is 11.5 Å². The van der Waals surface area contributed by atoms with Gasteiger partial charge in [0.25, 0.3) is 0 Å². The average molecular weight is 455 g/mol. The fraction of sp³-hybridized carbons (Fsp3) is 0.152. The van der Waals surface area contributed by atoms with Crippen LogP contribution in [-0.2, 0) is 0 Å². The van der Waals surface area contributed by atoms with E-state index in [-0.39, 0.29) is 0 Å². The minimum Gasteiger partial charge on any atom is -0.232 e. The van der Waals surface area contributed by atoms with Gasteiger partial charge in [-0.25, -0.2) is 9.98 Å². The molecule has 5 rings (SSSR count). The van der Waals surface area contributed by atoms with Gasteiger partial charge in [0.15, 0.2) is 5.84 Å². The van der Waals surface area contributed by atoms with Crippen molar-refractivity contribution in [1.29, 1.82) is 0 Å². The second-order valence-corrected chi connectivity index (χ2v) is 9.31. The summed E-state index contributed by atoms with van der Waals surface area (Å²) in [4.78, 5) is 10.4. The number of hydrogen-bond acceptors (Lipinski definition) is 2. The second kappa shape index (κ2) is 10.1. The van der Waals surface area contributed by atoms with Crippen molar-refractivity contribution < 1.29 is 0 Å². The third kappa shape index (κ3) is 5.22. The number of aliphatic imine (C=N–C) groups is 2. The van der Waals surface area contributed by atoms with Crippen molar-refractivity contribution in [3.63, 3.8) is 0 Å². The molecule has 35 heavy (non-hydrogen) atoms. The highest BCUT2D eigenvalue weighted by atomic mass is 14.9. The van der Waals surface area contributed by atoms with Gasteiger partial charge in [-0.05, 0) is 68.0 Å². The Labute approximate surface area is 208 Å². The Kier molecular flexibility index (Phi) is 6.54. The largest absolute Gasteiger partial charge is 0.232 e. The van der Waals surface area contributed by atoms with Gasteiger partial charge >= 0.3 is 0 Å². The van der Waals surface area contributed by atoms with E-state index in [0.29, 0.717) is 0 Å². The van der Waals surface area contributed by atoms with Gasteiger partial charge in [0.1, 0.15) is 0 Å². The predicted molar refractivity (Wildman–Crippen MR) is 149 cm³/mol. The van der Waals surface area contributed by atoms with E-state index >= 15 is 0 Å². The number of nitrogens with zero attached hydrogens (tertiary/aromatic N) is 2. The first kappa shape index (κ1) is 22.7. The van der Waals surface area contributed by atoms with Gasteiger partial charge in [-0.1, -0.05) is 102 Å². The van der Waals surface area contributed by atoms with Crippen LogP contribution in [0.1, 0.15) is 47.6 Å². The molecule has 4 aromatic rings. The predicted octanol–water partition coefficient (Wildman–Crippen LogP) is 8.43. The van der Waals surface area contributed by atoms with Gasteiger partial charge in [-0.15, -0.1) is 0 Å². The molecule has 0 unspecified atom stereocenters. The van der Waals surface area contributed by atoms with E-state index in [0.717, 1.165) is 46.8 Å². The van der Waals surface area contributed by atoms with Crippen molar-refractivity contribution in [1.82, 2.24) is 0 Å². The van der Waals surface area contributed by atoms with Gasteiger partial charge in [0.2, 0.25) is 0 Å². The van der Waals surface area contributed by atoms with Crippen LogP contribution < -0.4 is 0 Å². The molecule has 1 aliphatic heterocycles. The summed E-state index contributed by atoms with van der Waals surface area (Å²) in [7, 11) is 0. The zero-order valence-electron chi connectivity index (χ0n) is 20.6. The zero-order chi connectivity index (χ0) is 24.2. The summed E-state index contributed by atoms with van der Waals surface area (Å²) in [5.74, 6) is 0.775. The number of benzene rings is 4. The molecule has 1 aliphatic rings. The Morgan fingerprint density at radius 3 is 1.66 bits per heavy atom. The molecule has 2 heteroatoms. The van der Waals surface area contributed by atoms with Gasteiger partial charge in [0.05, 0.1) is 11.4 Å². The van der Waals surface area contributed by atoms with Crippen molar-refractivity contribution in [2.45, 2.75) is 33.6 Å². The number of rotatable bonds is 4. The molecule has 0 saturated heterocycles. The third-order valence-corrected chi connectivity index (χ3v) is 6.45. The quantitative estimate of drug-likeness (QED) is 0.296. The molecule has 0 amide bonds. The first-order valence-electron chi connectivity index (χ1n) is 12.2. The van der Waals surface area contributed by atoms with Crippen molar-refractivity contribution >= 4 is 17.2 Å². The molecule has 172 valence electrons. The summed E-state index contributed by atoms with van der Waals surface area (Å²) in [6.45, 7) is 6.46. The Bertz CT molecular complexity index is 1400.